The van der Waals surface area contributed by atoms with Gasteiger partial charge in [0.15, 0.2) is 0 Å². The molecule has 0 aliphatic heterocycles. The first kappa shape index (κ1) is 19.2. The van der Waals surface area contributed by atoms with E-state index in [1.165, 1.54) is 13.2 Å². The highest BCUT2D eigenvalue weighted by Gasteiger charge is 2.22. The number of carbonyl (C=O) groups is 1. The van der Waals surface area contributed by atoms with Crippen LogP contribution in [0, 0.1) is 11.2 Å². The minimum Gasteiger partial charge on any atom is -0.496 e. The molecule has 2 atom stereocenters. The number of aliphatic hydroxyl groups is 1. The first-order valence-corrected chi connectivity index (χ1v) is 7.71. The van der Waals surface area contributed by atoms with Crippen molar-refractivity contribution < 1.29 is 19.0 Å². The summed E-state index contributed by atoms with van der Waals surface area (Å²) in [7, 11) is 1.46. The number of rotatable bonds is 7. The van der Waals surface area contributed by atoms with Crippen LogP contribution in [0.25, 0.3) is 0 Å². The van der Waals surface area contributed by atoms with Gasteiger partial charge < -0.3 is 20.5 Å². The van der Waals surface area contributed by atoms with Crippen LogP contribution in [0.3, 0.4) is 0 Å². The Labute approximate surface area is 137 Å². The van der Waals surface area contributed by atoms with Gasteiger partial charge in [0.1, 0.15) is 11.6 Å². The number of hydrogen-bond donors (Lipinski definition) is 3. The van der Waals surface area contributed by atoms with Crippen LogP contribution in [-0.4, -0.2) is 30.9 Å². The highest BCUT2D eigenvalue weighted by atomic mass is 19.1. The fraction of sp³-hybridized carbons (Fsp3) is 0.588. The van der Waals surface area contributed by atoms with Crippen molar-refractivity contribution in [1.29, 1.82) is 0 Å². The average Bonchev–Trinajstić information content (AvgIpc) is 2.43. The lowest BCUT2D eigenvalue weighted by atomic mass is 9.87. The fourth-order valence-corrected chi connectivity index (χ4v) is 2.63. The van der Waals surface area contributed by atoms with Crippen LogP contribution in [0.5, 0.6) is 5.75 Å². The van der Waals surface area contributed by atoms with Gasteiger partial charge in [0, 0.05) is 6.54 Å². The molecule has 0 bridgehead atoms. The topological polar surface area (TPSA) is 70.6 Å². The van der Waals surface area contributed by atoms with Crippen LogP contribution >= 0.6 is 0 Å². The zero-order chi connectivity index (χ0) is 17.6. The molecule has 1 rings (SSSR count). The SMILES string of the molecule is COc1cccc(F)c1C(C)NC(=O)NCC(C)(C)CC(C)O. The van der Waals surface area contributed by atoms with Crippen molar-refractivity contribution in [2.45, 2.75) is 46.3 Å². The molecule has 0 aliphatic carbocycles. The van der Waals surface area contributed by atoms with Crippen molar-refractivity contribution in [2.24, 2.45) is 5.41 Å². The summed E-state index contributed by atoms with van der Waals surface area (Å²) in [5, 5.41) is 14.9. The third-order valence-corrected chi connectivity index (χ3v) is 3.59. The normalized spacial score (nSPS) is 14.0. The Balaban J connectivity index is 2.64. The minimum absolute atomic E-state index is 0.232. The van der Waals surface area contributed by atoms with E-state index in [2.05, 4.69) is 10.6 Å². The van der Waals surface area contributed by atoms with Crippen molar-refractivity contribution in [3.63, 3.8) is 0 Å². The number of hydrogen-bond acceptors (Lipinski definition) is 3. The summed E-state index contributed by atoms with van der Waals surface area (Å²) >= 11 is 0. The van der Waals surface area contributed by atoms with Crippen molar-refractivity contribution >= 4 is 6.03 Å². The van der Waals surface area contributed by atoms with Crippen LogP contribution in [0.1, 0.15) is 45.7 Å². The highest BCUT2D eigenvalue weighted by Crippen LogP contribution is 2.27. The molecule has 2 unspecified atom stereocenters. The summed E-state index contributed by atoms with van der Waals surface area (Å²) in [5.74, 6) is -0.0289. The Kier molecular flexibility index (Phi) is 6.81. The van der Waals surface area contributed by atoms with Gasteiger partial charge >= 0.3 is 6.03 Å². The zero-order valence-electron chi connectivity index (χ0n) is 14.4. The van der Waals surface area contributed by atoms with Gasteiger partial charge in [-0.15, -0.1) is 0 Å². The van der Waals surface area contributed by atoms with Gasteiger partial charge in [-0.3, -0.25) is 0 Å². The van der Waals surface area contributed by atoms with E-state index in [0.29, 0.717) is 24.3 Å². The average molecular weight is 326 g/mol. The molecule has 0 aromatic heterocycles. The van der Waals surface area contributed by atoms with Gasteiger partial charge in [-0.2, -0.15) is 0 Å². The summed E-state index contributed by atoms with van der Waals surface area (Å²) < 4.78 is 19.1. The molecule has 0 fully saturated rings. The summed E-state index contributed by atoms with van der Waals surface area (Å²) in [5.41, 5.74) is 0.0816. The van der Waals surface area contributed by atoms with E-state index in [9.17, 15) is 14.3 Å². The number of amides is 2. The number of carbonyl (C=O) groups excluding carboxylic acids is 1. The van der Waals surface area contributed by atoms with Crippen LogP contribution in [-0.2, 0) is 0 Å². The van der Waals surface area contributed by atoms with E-state index in [1.807, 2.05) is 13.8 Å². The Morgan fingerprint density at radius 1 is 1.39 bits per heavy atom. The molecule has 1 aromatic rings. The minimum atomic E-state index is -0.536. The lowest BCUT2D eigenvalue weighted by molar-refractivity contribution is 0.128. The number of nitrogens with one attached hydrogen (secondary N) is 2. The molecule has 0 radical (unpaired) electrons. The summed E-state index contributed by atoms with van der Waals surface area (Å²) in [4.78, 5) is 12.0. The van der Waals surface area contributed by atoms with E-state index < -0.39 is 18.0 Å². The number of methoxy groups -OCH3 is 1. The number of ether oxygens (including phenoxy) is 1. The molecule has 6 heteroatoms. The lowest BCUT2D eigenvalue weighted by Gasteiger charge is -2.27. The second kappa shape index (κ2) is 8.15. The van der Waals surface area contributed by atoms with Crippen molar-refractivity contribution in [2.75, 3.05) is 13.7 Å². The Bertz CT molecular complexity index is 533. The lowest BCUT2D eigenvalue weighted by Crippen LogP contribution is -2.42. The first-order chi connectivity index (χ1) is 10.7. The van der Waals surface area contributed by atoms with Gasteiger partial charge in [0.2, 0.25) is 0 Å². The largest absolute Gasteiger partial charge is 0.496 e. The maximum absolute atomic E-state index is 14.0. The predicted octanol–water partition coefficient (Wildman–Crippen LogP) is 2.99. The third-order valence-electron chi connectivity index (χ3n) is 3.59. The highest BCUT2D eigenvalue weighted by molar-refractivity contribution is 5.74. The molecule has 0 heterocycles. The molecule has 1 aromatic carbocycles. The van der Waals surface area contributed by atoms with E-state index in [-0.39, 0.29) is 11.4 Å². The molecule has 0 saturated carbocycles. The number of benzene rings is 1. The fourth-order valence-electron chi connectivity index (χ4n) is 2.63. The molecular formula is C17H27FN2O3. The van der Waals surface area contributed by atoms with Crippen LogP contribution < -0.4 is 15.4 Å². The van der Waals surface area contributed by atoms with Gasteiger partial charge in [-0.25, -0.2) is 9.18 Å². The van der Waals surface area contributed by atoms with E-state index in [0.717, 1.165) is 0 Å². The Morgan fingerprint density at radius 2 is 2.04 bits per heavy atom. The van der Waals surface area contributed by atoms with Crippen LogP contribution in [0.4, 0.5) is 9.18 Å². The predicted molar refractivity (Wildman–Crippen MR) is 88.0 cm³/mol. The summed E-state index contributed by atoms with van der Waals surface area (Å²) in [6.45, 7) is 7.74. The second-order valence-electron chi connectivity index (χ2n) is 6.62. The van der Waals surface area contributed by atoms with E-state index in [1.54, 1.807) is 26.0 Å². The Hall–Kier alpha value is -1.82. The molecule has 3 N–H and O–H groups in total. The quantitative estimate of drug-likeness (QED) is 0.721. The third kappa shape index (κ3) is 6.06. The number of urea groups is 1. The van der Waals surface area contributed by atoms with Crippen LogP contribution in [0.2, 0.25) is 0 Å². The molecule has 0 saturated heterocycles. The monoisotopic (exact) mass is 326 g/mol. The molecule has 130 valence electrons. The molecular weight excluding hydrogens is 299 g/mol. The standard InChI is InChI=1S/C17H27FN2O3/c1-11(21)9-17(3,4)10-19-16(22)20-12(2)15-13(18)7-6-8-14(15)23-5/h6-8,11-12,21H,9-10H2,1-5H3,(H2,19,20,22). The molecule has 23 heavy (non-hydrogen) atoms. The van der Waals surface area contributed by atoms with E-state index in [4.69, 9.17) is 4.74 Å². The number of aliphatic hydroxyl groups excluding tert-OH is 1. The van der Waals surface area contributed by atoms with Gasteiger partial charge in [-0.1, -0.05) is 19.9 Å². The van der Waals surface area contributed by atoms with Crippen LogP contribution in [0.15, 0.2) is 18.2 Å². The summed E-state index contributed by atoms with van der Waals surface area (Å²) in [6.07, 6.45) is 0.140. The molecule has 0 aliphatic rings. The van der Waals surface area contributed by atoms with Crippen molar-refractivity contribution in [1.82, 2.24) is 10.6 Å². The second-order valence-corrected chi connectivity index (χ2v) is 6.62. The molecule has 2 amide bonds. The number of halogens is 1. The van der Waals surface area contributed by atoms with Crippen molar-refractivity contribution in [3.8, 4) is 5.75 Å². The maximum atomic E-state index is 14.0. The maximum Gasteiger partial charge on any atom is 0.315 e. The first-order valence-electron chi connectivity index (χ1n) is 7.71. The smallest absolute Gasteiger partial charge is 0.315 e. The van der Waals surface area contributed by atoms with Gasteiger partial charge in [-0.05, 0) is 37.8 Å². The summed E-state index contributed by atoms with van der Waals surface area (Å²) in [6, 6.07) is 3.62. The molecule has 5 nitrogen and oxygen atoms in total. The Morgan fingerprint density at radius 3 is 2.61 bits per heavy atom. The van der Waals surface area contributed by atoms with Gasteiger partial charge in [0.25, 0.3) is 0 Å². The van der Waals surface area contributed by atoms with E-state index >= 15 is 0 Å². The zero-order valence-corrected chi connectivity index (χ0v) is 14.4. The van der Waals surface area contributed by atoms with Gasteiger partial charge in [0.05, 0.1) is 24.8 Å². The molecule has 0 spiro atoms. The van der Waals surface area contributed by atoms with Crippen molar-refractivity contribution in [3.05, 3.63) is 29.6 Å².